The van der Waals surface area contributed by atoms with Gasteiger partial charge in [0.15, 0.2) is 0 Å². The van der Waals surface area contributed by atoms with Gasteiger partial charge in [-0.2, -0.15) is 0 Å². The molecule has 0 radical (unpaired) electrons. The molecule has 0 spiro atoms. The zero-order chi connectivity index (χ0) is 9.84. The van der Waals surface area contributed by atoms with E-state index in [4.69, 9.17) is 11.1 Å². The molecule has 2 unspecified atom stereocenters. The Balaban J connectivity index is 2.36. The fraction of sp³-hybridized carbons (Fsp3) is 0.900. The van der Waals surface area contributed by atoms with Crippen molar-refractivity contribution in [2.75, 3.05) is 13.6 Å². The third-order valence-electron chi connectivity index (χ3n) is 2.95. The van der Waals surface area contributed by atoms with E-state index in [1.54, 1.807) is 0 Å². The minimum Gasteiger partial charge on any atom is -0.387 e. The molecule has 2 atom stereocenters. The summed E-state index contributed by atoms with van der Waals surface area (Å²) in [6, 6.07) is 0.646. The molecule has 0 aliphatic heterocycles. The minimum absolute atomic E-state index is 0.278. The van der Waals surface area contributed by atoms with Crippen LogP contribution >= 0.6 is 0 Å². The Morgan fingerprint density at radius 2 is 2.23 bits per heavy atom. The molecule has 0 saturated heterocycles. The number of likely N-dealkylation sites (N-methyl/N-ethyl adjacent to an activating group) is 1. The van der Waals surface area contributed by atoms with Crippen molar-refractivity contribution in [2.24, 2.45) is 11.7 Å². The van der Waals surface area contributed by atoms with Crippen LogP contribution in [-0.2, 0) is 0 Å². The summed E-state index contributed by atoms with van der Waals surface area (Å²) in [7, 11) is 2.07. The number of amidine groups is 1. The maximum absolute atomic E-state index is 7.23. The highest BCUT2D eigenvalue weighted by Gasteiger charge is 2.22. The Hall–Kier alpha value is -0.570. The largest absolute Gasteiger partial charge is 0.387 e. The van der Waals surface area contributed by atoms with Crippen LogP contribution in [0, 0.1) is 11.3 Å². The average Bonchev–Trinajstić information content (AvgIpc) is 2.03. The Kier molecular flexibility index (Phi) is 3.72. The van der Waals surface area contributed by atoms with Crippen LogP contribution in [0.25, 0.3) is 0 Å². The predicted molar refractivity (Wildman–Crippen MR) is 56.0 cm³/mol. The fourth-order valence-corrected chi connectivity index (χ4v) is 2.20. The van der Waals surface area contributed by atoms with Gasteiger partial charge in [-0.3, -0.25) is 10.3 Å². The zero-order valence-electron chi connectivity index (χ0n) is 8.71. The van der Waals surface area contributed by atoms with Gasteiger partial charge in [0.2, 0.25) is 0 Å². The molecule has 0 bridgehead atoms. The van der Waals surface area contributed by atoms with Crippen molar-refractivity contribution >= 4 is 5.84 Å². The van der Waals surface area contributed by atoms with Crippen LogP contribution in [-0.4, -0.2) is 30.4 Å². The molecule has 0 aromatic carbocycles. The van der Waals surface area contributed by atoms with E-state index in [9.17, 15) is 0 Å². The van der Waals surface area contributed by atoms with Gasteiger partial charge in [-0.05, 0) is 25.8 Å². The van der Waals surface area contributed by atoms with Gasteiger partial charge in [0, 0.05) is 6.04 Å². The van der Waals surface area contributed by atoms with Crippen LogP contribution in [0.4, 0.5) is 0 Å². The maximum Gasteiger partial charge on any atom is 0.105 e. The van der Waals surface area contributed by atoms with Gasteiger partial charge in [-0.25, -0.2) is 0 Å². The predicted octanol–water partition coefficient (Wildman–Crippen LogP) is 1.43. The molecule has 76 valence electrons. The monoisotopic (exact) mass is 183 g/mol. The van der Waals surface area contributed by atoms with Crippen LogP contribution in [0.5, 0.6) is 0 Å². The highest BCUT2D eigenvalue weighted by molar-refractivity contribution is 5.78. The molecule has 3 nitrogen and oxygen atoms in total. The highest BCUT2D eigenvalue weighted by atomic mass is 15.1. The Labute approximate surface area is 80.8 Å². The van der Waals surface area contributed by atoms with Gasteiger partial charge in [0.1, 0.15) is 5.84 Å². The quantitative estimate of drug-likeness (QED) is 0.514. The van der Waals surface area contributed by atoms with E-state index in [-0.39, 0.29) is 5.84 Å². The summed E-state index contributed by atoms with van der Waals surface area (Å²) in [5, 5.41) is 7.23. The number of hydrogen-bond donors (Lipinski definition) is 2. The second-order valence-corrected chi connectivity index (χ2v) is 4.37. The lowest BCUT2D eigenvalue weighted by atomic mass is 9.86. The maximum atomic E-state index is 7.23. The van der Waals surface area contributed by atoms with Gasteiger partial charge >= 0.3 is 0 Å². The van der Waals surface area contributed by atoms with Gasteiger partial charge in [0.25, 0.3) is 0 Å². The minimum atomic E-state index is 0.278. The summed E-state index contributed by atoms with van der Waals surface area (Å²) < 4.78 is 0. The van der Waals surface area contributed by atoms with Crippen molar-refractivity contribution in [3.63, 3.8) is 0 Å². The first-order valence-electron chi connectivity index (χ1n) is 5.12. The van der Waals surface area contributed by atoms with E-state index in [2.05, 4.69) is 18.9 Å². The molecule has 0 heterocycles. The third kappa shape index (κ3) is 3.35. The first-order valence-corrected chi connectivity index (χ1v) is 5.12. The molecular formula is C10H21N3. The van der Waals surface area contributed by atoms with Crippen molar-refractivity contribution in [1.82, 2.24) is 4.90 Å². The lowest BCUT2D eigenvalue weighted by Gasteiger charge is -2.33. The summed E-state index contributed by atoms with van der Waals surface area (Å²) in [6.45, 7) is 2.94. The van der Waals surface area contributed by atoms with E-state index in [1.807, 2.05) is 0 Å². The van der Waals surface area contributed by atoms with Gasteiger partial charge in [0.05, 0.1) is 6.54 Å². The average molecular weight is 183 g/mol. The highest BCUT2D eigenvalue weighted by Crippen LogP contribution is 2.26. The molecule has 1 aliphatic rings. The number of nitrogens with zero attached hydrogens (tertiary/aromatic N) is 1. The summed E-state index contributed by atoms with van der Waals surface area (Å²) in [5.41, 5.74) is 5.38. The van der Waals surface area contributed by atoms with Crippen molar-refractivity contribution in [3.05, 3.63) is 0 Å². The van der Waals surface area contributed by atoms with Gasteiger partial charge in [-0.15, -0.1) is 0 Å². The first-order chi connectivity index (χ1) is 6.09. The van der Waals surface area contributed by atoms with E-state index in [1.165, 1.54) is 25.7 Å². The van der Waals surface area contributed by atoms with Crippen LogP contribution in [0.3, 0.4) is 0 Å². The third-order valence-corrected chi connectivity index (χ3v) is 2.95. The van der Waals surface area contributed by atoms with Crippen LogP contribution in [0.15, 0.2) is 0 Å². The Bertz CT molecular complexity index is 179. The SMILES string of the molecule is CC1CCCC(N(C)CC(=N)N)C1. The normalized spacial score (nSPS) is 29.2. The summed E-state index contributed by atoms with van der Waals surface area (Å²) >= 11 is 0. The van der Waals surface area contributed by atoms with Crippen LogP contribution in [0.1, 0.15) is 32.6 Å². The molecular weight excluding hydrogens is 162 g/mol. The van der Waals surface area contributed by atoms with E-state index in [0.717, 1.165) is 5.92 Å². The van der Waals surface area contributed by atoms with Crippen molar-refractivity contribution in [3.8, 4) is 0 Å². The number of hydrogen-bond acceptors (Lipinski definition) is 2. The van der Waals surface area contributed by atoms with E-state index in [0.29, 0.717) is 12.6 Å². The number of rotatable bonds is 3. The molecule has 1 rings (SSSR count). The summed E-state index contributed by atoms with van der Waals surface area (Å²) in [4.78, 5) is 2.22. The van der Waals surface area contributed by atoms with Crippen molar-refractivity contribution in [2.45, 2.75) is 38.6 Å². The van der Waals surface area contributed by atoms with Crippen LogP contribution < -0.4 is 5.73 Å². The molecule has 1 saturated carbocycles. The van der Waals surface area contributed by atoms with Gasteiger partial charge < -0.3 is 5.73 Å². The zero-order valence-corrected chi connectivity index (χ0v) is 8.71. The van der Waals surface area contributed by atoms with Gasteiger partial charge in [-0.1, -0.05) is 19.8 Å². The molecule has 1 fully saturated rings. The molecule has 1 aliphatic carbocycles. The topological polar surface area (TPSA) is 53.1 Å². The summed E-state index contributed by atoms with van der Waals surface area (Å²) in [6.07, 6.45) is 5.23. The van der Waals surface area contributed by atoms with E-state index >= 15 is 0 Å². The summed E-state index contributed by atoms with van der Waals surface area (Å²) in [5.74, 6) is 1.12. The smallest absolute Gasteiger partial charge is 0.105 e. The van der Waals surface area contributed by atoms with Crippen molar-refractivity contribution in [1.29, 1.82) is 5.41 Å². The number of nitrogens with two attached hydrogens (primary N) is 1. The molecule has 0 amide bonds. The van der Waals surface area contributed by atoms with Crippen LogP contribution in [0.2, 0.25) is 0 Å². The fourth-order valence-electron chi connectivity index (χ4n) is 2.20. The Morgan fingerprint density at radius 3 is 2.77 bits per heavy atom. The molecule has 0 aromatic rings. The number of nitrogens with one attached hydrogen (secondary N) is 1. The first kappa shape index (κ1) is 10.5. The molecule has 0 aromatic heterocycles. The van der Waals surface area contributed by atoms with E-state index < -0.39 is 0 Å². The second kappa shape index (κ2) is 4.61. The molecule has 13 heavy (non-hydrogen) atoms. The standard InChI is InChI=1S/C10H21N3/c1-8-4-3-5-9(6-8)13(2)7-10(11)12/h8-9H,3-7H2,1-2H3,(H3,11,12). The second-order valence-electron chi connectivity index (χ2n) is 4.37. The molecule has 3 heteroatoms. The Morgan fingerprint density at radius 1 is 1.54 bits per heavy atom. The van der Waals surface area contributed by atoms with Crippen molar-refractivity contribution < 1.29 is 0 Å². The lowest BCUT2D eigenvalue weighted by Crippen LogP contribution is -2.40. The lowest BCUT2D eigenvalue weighted by molar-refractivity contribution is 0.181. The molecule has 3 N–H and O–H groups in total.